The predicted molar refractivity (Wildman–Crippen MR) is 127 cm³/mol. The maximum absolute atomic E-state index is 12.6. The molecule has 1 aliphatic heterocycles. The number of pyridine rings is 1. The lowest BCUT2D eigenvalue weighted by molar-refractivity contribution is 0.0230. The van der Waals surface area contributed by atoms with Crippen molar-refractivity contribution in [2.75, 3.05) is 13.7 Å². The van der Waals surface area contributed by atoms with E-state index in [1.807, 2.05) is 32.9 Å². The monoisotopic (exact) mass is 496 g/mol. The number of carbonyl (C=O) groups is 2. The highest BCUT2D eigenvalue weighted by atomic mass is 35.5. The summed E-state index contributed by atoms with van der Waals surface area (Å²) in [5.41, 5.74) is 2.28. The third-order valence-electron chi connectivity index (χ3n) is 4.88. The number of halogens is 2. The average molecular weight is 497 g/mol. The summed E-state index contributed by atoms with van der Waals surface area (Å²) in [5, 5.41) is 0.650. The van der Waals surface area contributed by atoms with Crippen LogP contribution in [0.15, 0.2) is 35.4 Å². The lowest BCUT2D eigenvalue weighted by atomic mass is 10.0. The summed E-state index contributed by atoms with van der Waals surface area (Å²) in [6.45, 7) is 5.94. The van der Waals surface area contributed by atoms with Gasteiger partial charge in [-0.05, 0) is 56.5 Å². The minimum absolute atomic E-state index is 0.406. The number of rotatable bonds is 4. The third kappa shape index (κ3) is 6.09. The molecule has 172 valence electrons. The van der Waals surface area contributed by atoms with Crippen LogP contribution in [0.4, 0.5) is 4.79 Å². The highest BCUT2D eigenvalue weighted by Crippen LogP contribution is 2.37. The summed E-state index contributed by atoms with van der Waals surface area (Å²) in [6, 6.07) is 7.33. The number of thioether (sulfide) groups is 1. The van der Waals surface area contributed by atoms with Gasteiger partial charge in [-0.15, -0.1) is 11.8 Å². The summed E-state index contributed by atoms with van der Waals surface area (Å²) >= 11 is 14.7. The number of hydrogen-bond acceptors (Lipinski definition) is 6. The SMILES string of the molecule is COC(=O)c1ccc(CSc2c(Cl)ccc3c2CCN(C(=O)OC(C)(C)C)C(Cl)C3)nc1. The van der Waals surface area contributed by atoms with Crippen molar-refractivity contribution in [1.82, 2.24) is 9.88 Å². The Morgan fingerprint density at radius 2 is 2.00 bits per heavy atom. The molecule has 2 heterocycles. The summed E-state index contributed by atoms with van der Waals surface area (Å²) in [5.74, 6) is 0.163. The largest absolute Gasteiger partial charge is 0.465 e. The van der Waals surface area contributed by atoms with E-state index in [0.29, 0.717) is 35.7 Å². The van der Waals surface area contributed by atoms with Crippen molar-refractivity contribution in [2.45, 2.75) is 55.4 Å². The Hall–Kier alpha value is -1.96. The third-order valence-corrected chi connectivity index (χ3v) is 6.89. The van der Waals surface area contributed by atoms with Gasteiger partial charge in [0.1, 0.15) is 11.1 Å². The molecular formula is C23H26Cl2N2O4S. The molecule has 1 amide bonds. The zero-order valence-electron chi connectivity index (χ0n) is 18.5. The zero-order valence-corrected chi connectivity index (χ0v) is 20.8. The van der Waals surface area contributed by atoms with Crippen molar-refractivity contribution in [1.29, 1.82) is 0 Å². The highest BCUT2D eigenvalue weighted by molar-refractivity contribution is 7.98. The van der Waals surface area contributed by atoms with Gasteiger partial charge in [-0.25, -0.2) is 9.59 Å². The van der Waals surface area contributed by atoms with E-state index in [-0.39, 0.29) is 0 Å². The molecule has 1 atom stereocenters. The van der Waals surface area contributed by atoms with E-state index in [9.17, 15) is 9.59 Å². The Labute approximate surface area is 202 Å². The molecule has 2 aromatic rings. The molecule has 0 spiro atoms. The van der Waals surface area contributed by atoms with Crippen LogP contribution < -0.4 is 0 Å². The molecule has 0 aliphatic carbocycles. The van der Waals surface area contributed by atoms with Gasteiger partial charge >= 0.3 is 12.1 Å². The van der Waals surface area contributed by atoms with E-state index in [4.69, 9.17) is 32.7 Å². The Balaban J connectivity index is 1.76. The first-order valence-electron chi connectivity index (χ1n) is 10.2. The number of hydrogen-bond donors (Lipinski definition) is 0. The minimum atomic E-state index is -0.590. The Bertz CT molecular complexity index is 993. The Morgan fingerprint density at radius 1 is 1.25 bits per heavy atom. The molecule has 0 fully saturated rings. The fourth-order valence-electron chi connectivity index (χ4n) is 3.35. The molecule has 9 heteroatoms. The van der Waals surface area contributed by atoms with E-state index in [1.165, 1.54) is 13.3 Å². The van der Waals surface area contributed by atoms with Gasteiger partial charge in [-0.3, -0.25) is 9.88 Å². The Morgan fingerprint density at radius 3 is 2.62 bits per heavy atom. The highest BCUT2D eigenvalue weighted by Gasteiger charge is 2.31. The fraction of sp³-hybridized carbons (Fsp3) is 0.435. The summed E-state index contributed by atoms with van der Waals surface area (Å²) in [6.07, 6.45) is 2.22. The van der Waals surface area contributed by atoms with Gasteiger partial charge in [0.25, 0.3) is 0 Å². The summed E-state index contributed by atoms with van der Waals surface area (Å²) < 4.78 is 10.2. The van der Waals surface area contributed by atoms with Crippen molar-refractivity contribution in [3.05, 3.63) is 57.9 Å². The molecule has 32 heavy (non-hydrogen) atoms. The van der Waals surface area contributed by atoms with Crippen molar-refractivity contribution < 1.29 is 19.1 Å². The molecule has 1 aromatic heterocycles. The van der Waals surface area contributed by atoms with Gasteiger partial charge in [0, 0.05) is 29.8 Å². The number of ether oxygens (including phenoxy) is 2. The molecule has 1 aromatic carbocycles. The van der Waals surface area contributed by atoms with Gasteiger partial charge in [0.05, 0.1) is 23.4 Å². The lowest BCUT2D eigenvalue weighted by Gasteiger charge is -2.29. The molecule has 1 unspecified atom stereocenters. The maximum atomic E-state index is 12.6. The quantitative estimate of drug-likeness (QED) is 0.233. The summed E-state index contributed by atoms with van der Waals surface area (Å²) in [4.78, 5) is 31.1. The second-order valence-corrected chi connectivity index (χ2v) is 10.3. The van der Waals surface area contributed by atoms with Gasteiger partial charge in [-0.1, -0.05) is 29.3 Å². The Kier molecular flexibility index (Phi) is 7.96. The van der Waals surface area contributed by atoms with Crippen molar-refractivity contribution in [3.8, 4) is 0 Å². The fourth-order valence-corrected chi connectivity index (χ4v) is 5.11. The molecule has 0 bridgehead atoms. The number of methoxy groups -OCH3 is 1. The lowest BCUT2D eigenvalue weighted by Crippen LogP contribution is -2.42. The van der Waals surface area contributed by atoms with Crippen LogP contribution in [0.3, 0.4) is 0 Å². The second kappa shape index (κ2) is 10.3. The van der Waals surface area contributed by atoms with Crippen LogP contribution in [0, 0.1) is 0 Å². The van der Waals surface area contributed by atoms with Gasteiger partial charge in [-0.2, -0.15) is 0 Å². The first-order valence-corrected chi connectivity index (χ1v) is 12.0. The van der Waals surface area contributed by atoms with Crippen LogP contribution in [-0.2, 0) is 28.1 Å². The van der Waals surface area contributed by atoms with Crippen LogP contribution >= 0.6 is 35.0 Å². The number of carbonyl (C=O) groups excluding carboxylic acids is 2. The van der Waals surface area contributed by atoms with E-state index >= 15 is 0 Å². The first-order chi connectivity index (χ1) is 15.1. The molecule has 0 N–H and O–H groups in total. The van der Waals surface area contributed by atoms with E-state index < -0.39 is 23.2 Å². The molecule has 0 radical (unpaired) electrons. The van der Waals surface area contributed by atoms with E-state index in [1.54, 1.807) is 28.8 Å². The number of amides is 1. The van der Waals surface area contributed by atoms with Gasteiger partial charge in [0.2, 0.25) is 0 Å². The number of esters is 1. The van der Waals surface area contributed by atoms with Crippen molar-refractivity contribution in [3.63, 3.8) is 0 Å². The van der Waals surface area contributed by atoms with Crippen molar-refractivity contribution in [2.24, 2.45) is 0 Å². The predicted octanol–water partition coefficient (Wildman–Crippen LogP) is 5.71. The van der Waals surface area contributed by atoms with Crippen molar-refractivity contribution >= 4 is 47.0 Å². The second-order valence-electron chi connectivity index (χ2n) is 8.39. The molecule has 1 aliphatic rings. The molecule has 6 nitrogen and oxygen atoms in total. The number of nitrogens with zero attached hydrogens (tertiary/aromatic N) is 2. The molecular weight excluding hydrogens is 471 g/mol. The molecule has 0 saturated carbocycles. The van der Waals surface area contributed by atoms with Crippen LogP contribution in [0.25, 0.3) is 0 Å². The number of aromatic nitrogens is 1. The van der Waals surface area contributed by atoms with E-state index in [2.05, 4.69) is 4.98 Å². The smallest absolute Gasteiger partial charge is 0.411 e. The number of fused-ring (bicyclic) bond motifs is 1. The van der Waals surface area contributed by atoms with Gasteiger partial charge < -0.3 is 9.47 Å². The zero-order chi connectivity index (χ0) is 23.5. The molecule has 0 saturated heterocycles. The van der Waals surface area contributed by atoms with E-state index in [0.717, 1.165) is 21.7 Å². The van der Waals surface area contributed by atoms with Crippen LogP contribution in [-0.4, -0.2) is 46.7 Å². The maximum Gasteiger partial charge on any atom is 0.411 e. The standard InChI is InChI=1S/C23H26Cl2N2O4S/c1-23(2,3)31-22(29)27-10-9-17-14(11-19(27)25)6-8-18(24)20(17)32-13-16-7-5-15(12-26-16)21(28)30-4/h5-8,12,19H,9-11,13H2,1-4H3. The number of alkyl halides is 1. The molecule has 3 rings (SSSR count). The first kappa shape index (κ1) is 24.7. The topological polar surface area (TPSA) is 68.7 Å². The number of benzene rings is 1. The van der Waals surface area contributed by atoms with Crippen LogP contribution in [0.1, 0.15) is 48.0 Å². The normalized spacial score (nSPS) is 16.2. The average Bonchev–Trinajstić information content (AvgIpc) is 2.90. The van der Waals surface area contributed by atoms with Crippen LogP contribution in [0.5, 0.6) is 0 Å². The summed E-state index contributed by atoms with van der Waals surface area (Å²) in [7, 11) is 1.34. The minimum Gasteiger partial charge on any atom is -0.465 e. The van der Waals surface area contributed by atoms with Gasteiger partial charge in [0.15, 0.2) is 0 Å². The van der Waals surface area contributed by atoms with Crippen LogP contribution in [0.2, 0.25) is 5.02 Å².